The summed E-state index contributed by atoms with van der Waals surface area (Å²) in [6.45, 7) is 13.5. The number of nitrogens with one attached hydrogen (secondary N) is 6. The predicted octanol–water partition coefficient (Wildman–Crippen LogP) is 12.5. The SMILES string of the molecule is CCc1nc2c(cnn2CC)c(NC2CCOCC2)c1CNC(=O)c1cccc(C(=O)NCc2cc(Cl)cc(-c3cccc(C=O)c3)c2)c1.CCc1nc2c(cnn2CC)c(NC2CCOCC2)c1CNC(=O)c1cccc(C(=O)NCc2cc(Cl)cc(Br)c2)c1. The molecule has 2 fully saturated rings. The van der Waals surface area contributed by atoms with Crippen LogP contribution in [0.1, 0.15) is 139 Å². The summed E-state index contributed by atoms with van der Waals surface area (Å²) in [5, 5.41) is 31.5. The topological polar surface area (TPSA) is 237 Å². The fourth-order valence-electron chi connectivity index (χ4n) is 11.3. The second kappa shape index (κ2) is 31.0. The lowest BCUT2D eigenvalue weighted by Crippen LogP contribution is -2.30. The number of carbonyl (C=O) groups excluding carboxylic acids is 5. The van der Waals surface area contributed by atoms with Gasteiger partial charge in [0.05, 0.1) is 34.5 Å². The third-order valence-corrected chi connectivity index (χ3v) is 17.0. The van der Waals surface area contributed by atoms with Crippen molar-refractivity contribution in [1.82, 2.24) is 50.8 Å². The van der Waals surface area contributed by atoms with Gasteiger partial charge in [-0.05, 0) is 153 Å². The molecule has 91 heavy (non-hydrogen) atoms. The minimum Gasteiger partial charge on any atom is -0.381 e. The Bertz CT molecular complexity index is 4100. The average Bonchev–Trinajstić information content (AvgIpc) is 1.73. The summed E-state index contributed by atoms with van der Waals surface area (Å²) in [5.74, 6) is -1.17. The molecule has 22 heteroatoms. The maximum Gasteiger partial charge on any atom is 0.251 e. The molecule has 0 radical (unpaired) electrons. The molecule has 5 aromatic carbocycles. The van der Waals surface area contributed by atoms with Crippen LogP contribution in [0.15, 0.2) is 126 Å². The zero-order valence-corrected chi connectivity index (χ0v) is 54.4. The van der Waals surface area contributed by atoms with Crippen molar-refractivity contribution in [3.63, 3.8) is 0 Å². The number of hydrogen-bond donors (Lipinski definition) is 6. The largest absolute Gasteiger partial charge is 0.381 e. The molecule has 19 nitrogen and oxygen atoms in total. The van der Waals surface area contributed by atoms with E-state index in [1.54, 1.807) is 78.9 Å². The van der Waals surface area contributed by atoms with Gasteiger partial charge >= 0.3 is 0 Å². The number of aromatic nitrogens is 6. The number of pyridine rings is 2. The summed E-state index contributed by atoms with van der Waals surface area (Å²) < 4.78 is 15.8. The molecule has 4 aromatic heterocycles. The van der Waals surface area contributed by atoms with E-state index in [0.717, 1.165) is 115 Å². The monoisotopic (exact) mass is 1330 g/mol. The maximum absolute atomic E-state index is 13.5. The number of rotatable bonds is 22. The number of fused-ring (bicyclic) bond motifs is 2. The number of ether oxygens (including phenoxy) is 2. The van der Waals surface area contributed by atoms with Gasteiger partial charge in [-0.2, -0.15) is 10.2 Å². The molecule has 4 amide bonds. The number of carbonyl (C=O) groups is 5. The van der Waals surface area contributed by atoms with Crippen LogP contribution in [0.3, 0.4) is 0 Å². The first kappa shape index (κ1) is 65.4. The Morgan fingerprint density at radius 3 is 1.40 bits per heavy atom. The number of aldehydes is 1. The molecule has 0 saturated carbocycles. The summed E-state index contributed by atoms with van der Waals surface area (Å²) in [7, 11) is 0. The lowest BCUT2D eigenvalue weighted by Gasteiger charge is -2.26. The Labute approximate surface area is 546 Å². The molecule has 0 atom stereocenters. The molecule has 6 heterocycles. The highest BCUT2D eigenvalue weighted by Gasteiger charge is 2.25. The minimum atomic E-state index is -0.321. The molecular weight excluding hydrogens is 1260 g/mol. The Morgan fingerprint density at radius 2 is 0.967 bits per heavy atom. The third kappa shape index (κ3) is 16.3. The summed E-state index contributed by atoms with van der Waals surface area (Å²) >= 11 is 15.9. The summed E-state index contributed by atoms with van der Waals surface area (Å²) in [6, 6.07) is 32.1. The van der Waals surface area contributed by atoms with E-state index in [4.69, 9.17) is 42.6 Å². The molecule has 0 unspecified atom stereocenters. The zero-order valence-electron chi connectivity index (χ0n) is 51.3. The van der Waals surface area contributed by atoms with Crippen LogP contribution in [0.25, 0.3) is 33.2 Å². The van der Waals surface area contributed by atoms with Crippen LogP contribution in [-0.2, 0) is 61.6 Å². The molecule has 2 aliphatic heterocycles. The molecular formula is C69H73BrCl2N12O7. The van der Waals surface area contributed by atoms with Crippen molar-refractivity contribution >= 4 is 102 Å². The molecule has 9 aromatic rings. The van der Waals surface area contributed by atoms with Crippen LogP contribution in [0.2, 0.25) is 10.0 Å². The van der Waals surface area contributed by atoms with Gasteiger partial charge in [0.1, 0.15) is 6.29 Å². The second-order valence-corrected chi connectivity index (χ2v) is 24.0. The van der Waals surface area contributed by atoms with Crippen LogP contribution in [-0.4, -0.2) is 98.0 Å². The molecule has 2 aliphatic rings. The van der Waals surface area contributed by atoms with Crippen LogP contribution in [0.4, 0.5) is 11.4 Å². The van der Waals surface area contributed by atoms with Crippen LogP contribution >= 0.6 is 39.1 Å². The first-order valence-electron chi connectivity index (χ1n) is 30.8. The third-order valence-electron chi connectivity index (χ3n) is 16.1. The van der Waals surface area contributed by atoms with Gasteiger partial charge in [0.2, 0.25) is 0 Å². The molecule has 0 bridgehead atoms. The molecule has 0 spiro atoms. The lowest BCUT2D eigenvalue weighted by molar-refractivity contribution is 0.0903. The van der Waals surface area contributed by atoms with Crippen molar-refractivity contribution in [2.45, 2.75) is 118 Å². The van der Waals surface area contributed by atoms with Crippen LogP contribution in [0.5, 0.6) is 0 Å². The van der Waals surface area contributed by atoms with E-state index < -0.39 is 0 Å². The van der Waals surface area contributed by atoms with E-state index in [1.165, 1.54) is 0 Å². The average molecular weight is 1330 g/mol. The highest BCUT2D eigenvalue weighted by Crippen LogP contribution is 2.34. The number of halogens is 3. The van der Waals surface area contributed by atoms with E-state index in [1.807, 2.05) is 65.9 Å². The molecule has 472 valence electrons. The van der Waals surface area contributed by atoms with E-state index in [0.29, 0.717) is 96.8 Å². The second-order valence-electron chi connectivity index (χ2n) is 22.2. The van der Waals surface area contributed by atoms with Crippen molar-refractivity contribution in [2.75, 3.05) is 37.1 Å². The van der Waals surface area contributed by atoms with Crippen molar-refractivity contribution in [3.05, 3.63) is 198 Å². The Balaban J connectivity index is 0.000000202. The van der Waals surface area contributed by atoms with Crippen molar-refractivity contribution in [2.24, 2.45) is 0 Å². The highest BCUT2D eigenvalue weighted by molar-refractivity contribution is 9.10. The predicted molar refractivity (Wildman–Crippen MR) is 359 cm³/mol. The number of hydrogen-bond acceptors (Lipinski definition) is 13. The van der Waals surface area contributed by atoms with Crippen LogP contribution in [0, 0.1) is 0 Å². The normalized spacial score (nSPS) is 13.5. The first-order valence-corrected chi connectivity index (χ1v) is 32.3. The van der Waals surface area contributed by atoms with Crippen LogP contribution < -0.4 is 31.9 Å². The fourth-order valence-corrected chi connectivity index (χ4v) is 12.5. The quantitative estimate of drug-likeness (QED) is 0.0347. The number of aryl methyl sites for hydroxylation is 4. The van der Waals surface area contributed by atoms with E-state index >= 15 is 0 Å². The number of anilines is 2. The van der Waals surface area contributed by atoms with Gasteiger partial charge < -0.3 is 41.4 Å². The van der Waals surface area contributed by atoms with E-state index in [2.05, 4.69) is 71.9 Å². The van der Waals surface area contributed by atoms with Gasteiger partial charge in [0, 0.05) is 143 Å². The van der Waals surface area contributed by atoms with Gasteiger partial charge in [-0.25, -0.2) is 19.3 Å². The molecule has 0 aliphatic carbocycles. The Morgan fingerprint density at radius 1 is 0.538 bits per heavy atom. The number of amides is 4. The van der Waals surface area contributed by atoms with E-state index in [9.17, 15) is 24.0 Å². The summed E-state index contributed by atoms with van der Waals surface area (Å²) in [5.41, 5.74) is 12.7. The summed E-state index contributed by atoms with van der Waals surface area (Å²) in [4.78, 5) is 74.1. The van der Waals surface area contributed by atoms with Gasteiger partial charge in [0.25, 0.3) is 23.6 Å². The minimum absolute atomic E-state index is 0.225. The zero-order chi connectivity index (χ0) is 64.0. The molecule has 11 rings (SSSR count). The first-order chi connectivity index (χ1) is 44.2. The smallest absolute Gasteiger partial charge is 0.251 e. The van der Waals surface area contributed by atoms with Gasteiger partial charge in [-0.1, -0.05) is 83.3 Å². The number of nitrogens with zero attached hydrogens (tertiary/aromatic N) is 6. The van der Waals surface area contributed by atoms with Crippen molar-refractivity contribution < 1.29 is 33.4 Å². The van der Waals surface area contributed by atoms with Gasteiger partial charge in [-0.15, -0.1) is 0 Å². The Kier molecular flexibility index (Phi) is 22.3. The van der Waals surface area contributed by atoms with Crippen molar-refractivity contribution in [3.8, 4) is 11.1 Å². The standard InChI is InChI=1S/C38H39ClN6O4.C31H34BrClN6O3/c1-3-34-32(35(43-31-11-13-49-14-12-31)33-22-42-45(4-2)36(33)44-34)21-41-38(48)28-10-6-9-27(18-28)37(47)40-20-25-16-29(19-30(39)17-25)26-8-5-7-24(15-26)23-46;1-3-27-25(28(37-24-8-10-42-11-9-24)26-18-36-39(4-2)29(26)38-27)17-35-31(41)21-7-5-6-20(14-21)30(40)34-16-19-12-22(32)15-23(33)13-19/h5-10,15-19,22-23,31H,3-4,11-14,20-21H2,1-2H3,(H,40,47)(H,41,48)(H,43,44);5-7,12-15,18,24H,3-4,8-11,16-17H2,1-2H3,(H,34,40)(H,35,41)(H,37,38). The van der Waals surface area contributed by atoms with Crippen molar-refractivity contribution in [1.29, 1.82) is 0 Å². The summed E-state index contributed by atoms with van der Waals surface area (Å²) in [6.07, 6.45) is 9.48. The lowest BCUT2D eigenvalue weighted by atomic mass is 10.0. The van der Waals surface area contributed by atoms with Gasteiger partial charge in [0.15, 0.2) is 11.3 Å². The maximum atomic E-state index is 13.5. The Hall–Kier alpha value is -8.53. The molecule has 2 saturated heterocycles. The highest BCUT2D eigenvalue weighted by atomic mass is 79.9. The molecule has 6 N–H and O–H groups in total. The van der Waals surface area contributed by atoms with Gasteiger partial charge in [-0.3, -0.25) is 24.0 Å². The van der Waals surface area contributed by atoms with E-state index in [-0.39, 0.29) is 55.3 Å². The fraction of sp³-hybridized carbons (Fsp3) is 0.319. The number of benzene rings is 5.